The highest BCUT2D eigenvalue weighted by Gasteiger charge is 2.17. The van der Waals surface area contributed by atoms with Crippen molar-refractivity contribution in [2.24, 2.45) is 0 Å². The summed E-state index contributed by atoms with van der Waals surface area (Å²) in [7, 11) is 0. The van der Waals surface area contributed by atoms with Gasteiger partial charge in [0.2, 0.25) is 6.79 Å². The Kier molecular flexibility index (Phi) is 4.03. The summed E-state index contributed by atoms with van der Waals surface area (Å²) in [5.74, 6) is 0.918. The summed E-state index contributed by atoms with van der Waals surface area (Å²) in [6.07, 6.45) is 0. The van der Waals surface area contributed by atoms with Gasteiger partial charge >= 0.3 is 5.97 Å². The first kappa shape index (κ1) is 14.2. The lowest BCUT2D eigenvalue weighted by atomic mass is 10.2. The number of rotatable bonds is 3. The normalized spacial score (nSPS) is 12.3. The fourth-order valence-corrected chi connectivity index (χ4v) is 2.45. The molecule has 2 aromatic carbocycles. The van der Waals surface area contributed by atoms with Gasteiger partial charge in [0, 0.05) is 15.1 Å². The molecule has 21 heavy (non-hydrogen) atoms. The Morgan fingerprint density at radius 3 is 2.57 bits per heavy atom. The van der Waals surface area contributed by atoms with Crippen LogP contribution in [0.15, 0.2) is 40.9 Å². The van der Waals surface area contributed by atoms with Crippen LogP contribution < -0.4 is 9.47 Å². The fraction of sp³-hybridized carbons (Fsp3) is 0.133. The first-order valence-corrected chi connectivity index (χ1v) is 7.31. The van der Waals surface area contributed by atoms with E-state index >= 15 is 0 Å². The Hall–Kier alpha value is -1.72. The van der Waals surface area contributed by atoms with Crippen molar-refractivity contribution in [3.8, 4) is 11.5 Å². The predicted octanol–water partition coefficient (Wildman–Crippen LogP) is 4.19. The third-order valence-corrected chi connectivity index (χ3v) is 3.97. The lowest BCUT2D eigenvalue weighted by Crippen LogP contribution is -2.05. The number of carbonyl (C=O) groups excluding carboxylic acids is 1. The highest BCUT2D eigenvalue weighted by molar-refractivity contribution is 9.10. The van der Waals surface area contributed by atoms with Crippen LogP contribution in [0.4, 0.5) is 0 Å². The van der Waals surface area contributed by atoms with Crippen molar-refractivity contribution >= 4 is 33.5 Å². The van der Waals surface area contributed by atoms with E-state index in [0.717, 1.165) is 10.0 Å². The SMILES string of the molecule is O=C(OCc1cc2c(cc1Br)OCO2)c1ccc(Cl)cc1. The molecule has 1 aliphatic rings. The Balaban J connectivity index is 1.70. The number of fused-ring (bicyclic) bond motifs is 1. The monoisotopic (exact) mass is 368 g/mol. The number of carbonyl (C=O) groups is 1. The van der Waals surface area contributed by atoms with Crippen molar-refractivity contribution in [1.29, 1.82) is 0 Å². The van der Waals surface area contributed by atoms with Gasteiger partial charge in [0.15, 0.2) is 11.5 Å². The number of halogens is 2. The summed E-state index contributed by atoms with van der Waals surface area (Å²) in [6, 6.07) is 10.1. The second-order valence-corrected chi connectivity index (χ2v) is 5.67. The quantitative estimate of drug-likeness (QED) is 0.761. The molecule has 0 saturated heterocycles. The Morgan fingerprint density at radius 2 is 1.86 bits per heavy atom. The third kappa shape index (κ3) is 3.14. The zero-order chi connectivity index (χ0) is 14.8. The minimum atomic E-state index is -0.406. The van der Waals surface area contributed by atoms with Crippen LogP contribution in [-0.2, 0) is 11.3 Å². The lowest BCUT2D eigenvalue weighted by Gasteiger charge is -2.08. The molecule has 0 fully saturated rings. The maximum absolute atomic E-state index is 11.9. The second kappa shape index (κ2) is 5.95. The molecule has 0 radical (unpaired) electrons. The lowest BCUT2D eigenvalue weighted by molar-refractivity contribution is 0.0471. The number of ether oxygens (including phenoxy) is 3. The van der Waals surface area contributed by atoms with Crippen molar-refractivity contribution in [2.75, 3.05) is 6.79 Å². The topological polar surface area (TPSA) is 44.8 Å². The number of benzene rings is 2. The molecule has 0 saturated carbocycles. The molecule has 0 unspecified atom stereocenters. The van der Waals surface area contributed by atoms with Crippen LogP contribution in [0.1, 0.15) is 15.9 Å². The molecule has 1 aliphatic heterocycles. The van der Waals surface area contributed by atoms with E-state index in [9.17, 15) is 4.79 Å². The van der Waals surface area contributed by atoms with Crippen LogP contribution in [0.2, 0.25) is 5.02 Å². The summed E-state index contributed by atoms with van der Waals surface area (Å²) in [6.45, 7) is 0.342. The molecule has 108 valence electrons. The van der Waals surface area contributed by atoms with Gasteiger partial charge in [-0.15, -0.1) is 0 Å². The summed E-state index contributed by atoms with van der Waals surface area (Å²) < 4.78 is 16.7. The van der Waals surface area contributed by atoms with Gasteiger partial charge in [0.25, 0.3) is 0 Å². The third-order valence-electron chi connectivity index (χ3n) is 2.98. The molecule has 0 N–H and O–H groups in total. The van der Waals surface area contributed by atoms with Crippen LogP contribution >= 0.6 is 27.5 Å². The van der Waals surface area contributed by atoms with Crippen molar-refractivity contribution in [3.05, 3.63) is 57.0 Å². The van der Waals surface area contributed by atoms with Crippen LogP contribution in [0.3, 0.4) is 0 Å². The minimum Gasteiger partial charge on any atom is -0.457 e. The molecule has 4 nitrogen and oxygen atoms in total. The Morgan fingerprint density at radius 1 is 1.19 bits per heavy atom. The van der Waals surface area contributed by atoms with Gasteiger partial charge in [-0.05, 0) is 36.4 Å². The minimum absolute atomic E-state index is 0.138. The van der Waals surface area contributed by atoms with Gasteiger partial charge in [-0.2, -0.15) is 0 Å². The summed E-state index contributed by atoms with van der Waals surface area (Å²) in [5.41, 5.74) is 1.26. The molecule has 0 atom stereocenters. The molecule has 2 aromatic rings. The molecular formula is C15H10BrClO4. The van der Waals surface area contributed by atoms with E-state index in [-0.39, 0.29) is 13.4 Å². The summed E-state index contributed by atoms with van der Waals surface area (Å²) >= 11 is 9.20. The first-order valence-electron chi connectivity index (χ1n) is 6.14. The number of esters is 1. The predicted molar refractivity (Wildman–Crippen MR) is 80.8 cm³/mol. The molecule has 6 heteroatoms. The molecule has 1 heterocycles. The van der Waals surface area contributed by atoms with E-state index < -0.39 is 5.97 Å². The van der Waals surface area contributed by atoms with E-state index in [4.69, 9.17) is 25.8 Å². The molecule has 0 amide bonds. The first-order chi connectivity index (χ1) is 10.1. The maximum atomic E-state index is 11.9. The maximum Gasteiger partial charge on any atom is 0.338 e. The van der Waals surface area contributed by atoms with E-state index in [1.807, 2.05) is 0 Å². The smallest absolute Gasteiger partial charge is 0.338 e. The van der Waals surface area contributed by atoms with E-state index in [1.165, 1.54) is 0 Å². The number of hydrogen-bond donors (Lipinski definition) is 0. The van der Waals surface area contributed by atoms with Crippen molar-refractivity contribution in [1.82, 2.24) is 0 Å². The molecule has 0 aliphatic carbocycles. The van der Waals surface area contributed by atoms with E-state index in [1.54, 1.807) is 36.4 Å². The van der Waals surface area contributed by atoms with Crippen LogP contribution in [0, 0.1) is 0 Å². The zero-order valence-electron chi connectivity index (χ0n) is 10.8. The number of hydrogen-bond acceptors (Lipinski definition) is 4. The molecular weight excluding hydrogens is 360 g/mol. The van der Waals surface area contributed by atoms with Gasteiger partial charge < -0.3 is 14.2 Å². The van der Waals surface area contributed by atoms with Crippen molar-refractivity contribution < 1.29 is 19.0 Å². The molecule has 0 spiro atoms. The highest BCUT2D eigenvalue weighted by atomic mass is 79.9. The van der Waals surface area contributed by atoms with Crippen molar-refractivity contribution in [3.63, 3.8) is 0 Å². The highest BCUT2D eigenvalue weighted by Crippen LogP contribution is 2.37. The van der Waals surface area contributed by atoms with Gasteiger partial charge in [0.05, 0.1) is 5.56 Å². The standard InChI is InChI=1S/C15H10BrClO4/c16-12-6-14-13(20-8-21-14)5-10(12)7-19-15(18)9-1-3-11(17)4-2-9/h1-6H,7-8H2. The molecule has 0 aromatic heterocycles. The van der Waals surface area contributed by atoms with E-state index in [0.29, 0.717) is 22.1 Å². The van der Waals surface area contributed by atoms with Gasteiger partial charge in [-0.25, -0.2) is 4.79 Å². The van der Waals surface area contributed by atoms with Gasteiger partial charge in [-0.3, -0.25) is 0 Å². The van der Waals surface area contributed by atoms with E-state index in [2.05, 4.69) is 15.9 Å². The van der Waals surface area contributed by atoms with Gasteiger partial charge in [-0.1, -0.05) is 27.5 Å². The van der Waals surface area contributed by atoms with Gasteiger partial charge in [0.1, 0.15) is 6.61 Å². The summed E-state index contributed by atoms with van der Waals surface area (Å²) in [4.78, 5) is 11.9. The second-order valence-electron chi connectivity index (χ2n) is 4.38. The Labute approximate surface area is 134 Å². The molecule has 3 rings (SSSR count). The van der Waals surface area contributed by atoms with Crippen LogP contribution in [0.5, 0.6) is 11.5 Å². The fourth-order valence-electron chi connectivity index (χ4n) is 1.88. The van der Waals surface area contributed by atoms with Crippen LogP contribution in [0.25, 0.3) is 0 Å². The zero-order valence-corrected chi connectivity index (χ0v) is 13.1. The molecule has 0 bridgehead atoms. The average molecular weight is 370 g/mol. The average Bonchev–Trinajstić information content (AvgIpc) is 2.92. The van der Waals surface area contributed by atoms with Crippen molar-refractivity contribution in [2.45, 2.75) is 6.61 Å². The largest absolute Gasteiger partial charge is 0.457 e. The van der Waals surface area contributed by atoms with Crippen LogP contribution in [-0.4, -0.2) is 12.8 Å². The Bertz CT molecular complexity index is 685. The summed E-state index contributed by atoms with van der Waals surface area (Å²) in [5, 5.41) is 0.574.